The van der Waals surface area contributed by atoms with Gasteiger partial charge in [0.05, 0.1) is 5.60 Å². The number of fused-ring (bicyclic) bond motifs is 1. The van der Waals surface area contributed by atoms with Crippen LogP contribution in [0.2, 0.25) is 0 Å². The van der Waals surface area contributed by atoms with Crippen LogP contribution in [0.15, 0.2) is 24.3 Å². The third-order valence-electron chi connectivity index (χ3n) is 5.71. The summed E-state index contributed by atoms with van der Waals surface area (Å²) in [5.41, 5.74) is 2.69. The van der Waals surface area contributed by atoms with Crippen LogP contribution in [0, 0.1) is 0 Å². The number of rotatable bonds is 5. The van der Waals surface area contributed by atoms with Crippen molar-refractivity contribution in [3.8, 4) is 0 Å². The average molecular weight is 301 g/mol. The van der Waals surface area contributed by atoms with Crippen molar-refractivity contribution in [1.29, 1.82) is 0 Å². The van der Waals surface area contributed by atoms with Crippen molar-refractivity contribution in [2.45, 2.75) is 69.3 Å². The van der Waals surface area contributed by atoms with E-state index in [1.807, 2.05) is 0 Å². The summed E-state index contributed by atoms with van der Waals surface area (Å²) < 4.78 is 0. The lowest BCUT2D eigenvalue weighted by atomic mass is 9.93. The zero-order valence-electron chi connectivity index (χ0n) is 14.1. The topological polar surface area (TPSA) is 23.5 Å². The third-order valence-corrected chi connectivity index (χ3v) is 5.71. The van der Waals surface area contributed by atoms with E-state index in [-0.39, 0.29) is 0 Å². The Morgan fingerprint density at radius 2 is 1.86 bits per heavy atom. The standard InChI is InChI=1S/C20H31NO/c1-21(16-20(22)13-6-2-3-7-14-20)15-12-18-11-10-17-8-4-5-9-19(17)18/h4-5,8-9,18,22H,2-3,6-7,10-16H2,1H3. The molecule has 0 heterocycles. The summed E-state index contributed by atoms with van der Waals surface area (Å²) in [5.74, 6) is 0.724. The highest BCUT2D eigenvalue weighted by Crippen LogP contribution is 2.35. The molecule has 1 saturated carbocycles. The fraction of sp³-hybridized carbons (Fsp3) is 0.700. The van der Waals surface area contributed by atoms with Crippen LogP contribution in [0.25, 0.3) is 0 Å². The van der Waals surface area contributed by atoms with Crippen molar-refractivity contribution >= 4 is 0 Å². The van der Waals surface area contributed by atoms with E-state index in [1.54, 1.807) is 11.1 Å². The van der Waals surface area contributed by atoms with Crippen LogP contribution < -0.4 is 0 Å². The average Bonchev–Trinajstić information content (AvgIpc) is 2.80. The Morgan fingerprint density at radius 1 is 1.14 bits per heavy atom. The largest absolute Gasteiger partial charge is 0.389 e. The van der Waals surface area contributed by atoms with Crippen LogP contribution in [0.1, 0.15) is 68.4 Å². The summed E-state index contributed by atoms with van der Waals surface area (Å²) in [6.45, 7) is 1.95. The molecule has 0 spiro atoms. The quantitative estimate of drug-likeness (QED) is 0.827. The van der Waals surface area contributed by atoms with E-state index >= 15 is 0 Å². The Kier molecular flexibility index (Phi) is 5.20. The monoisotopic (exact) mass is 301 g/mol. The summed E-state index contributed by atoms with van der Waals surface area (Å²) in [5, 5.41) is 10.8. The molecular weight excluding hydrogens is 270 g/mol. The van der Waals surface area contributed by atoms with Gasteiger partial charge < -0.3 is 10.0 Å². The maximum Gasteiger partial charge on any atom is 0.0774 e. The SMILES string of the molecule is CN(CCC1CCc2ccccc21)CC1(O)CCCCCC1. The Bertz CT molecular complexity index is 476. The molecule has 2 heteroatoms. The van der Waals surface area contributed by atoms with Crippen molar-refractivity contribution < 1.29 is 5.11 Å². The second kappa shape index (κ2) is 7.14. The van der Waals surface area contributed by atoms with E-state index < -0.39 is 5.60 Å². The van der Waals surface area contributed by atoms with Gasteiger partial charge in [0, 0.05) is 6.54 Å². The van der Waals surface area contributed by atoms with Crippen LogP contribution in [0.3, 0.4) is 0 Å². The Hall–Kier alpha value is -0.860. The van der Waals surface area contributed by atoms with Gasteiger partial charge in [-0.1, -0.05) is 49.9 Å². The van der Waals surface area contributed by atoms with Crippen LogP contribution in [-0.4, -0.2) is 35.7 Å². The fourth-order valence-corrected chi connectivity index (χ4v) is 4.45. The van der Waals surface area contributed by atoms with Crippen molar-refractivity contribution in [1.82, 2.24) is 4.90 Å². The maximum absolute atomic E-state index is 10.8. The molecule has 0 bridgehead atoms. The predicted molar refractivity (Wildman–Crippen MR) is 92.3 cm³/mol. The van der Waals surface area contributed by atoms with Gasteiger partial charge in [0.25, 0.3) is 0 Å². The van der Waals surface area contributed by atoms with Crippen LogP contribution in [0.5, 0.6) is 0 Å². The molecular formula is C20H31NO. The minimum absolute atomic E-state index is 0.432. The zero-order chi connectivity index (χ0) is 15.4. The molecule has 1 N–H and O–H groups in total. The van der Waals surface area contributed by atoms with E-state index in [4.69, 9.17) is 0 Å². The van der Waals surface area contributed by atoms with Gasteiger partial charge in [0.2, 0.25) is 0 Å². The number of likely N-dealkylation sites (N-methyl/N-ethyl adjacent to an activating group) is 1. The number of hydrogen-bond donors (Lipinski definition) is 1. The first-order valence-corrected chi connectivity index (χ1v) is 9.15. The molecule has 1 unspecified atom stereocenters. The van der Waals surface area contributed by atoms with Crippen molar-refractivity contribution in [3.05, 3.63) is 35.4 Å². The van der Waals surface area contributed by atoms with Crippen molar-refractivity contribution in [3.63, 3.8) is 0 Å². The highest BCUT2D eigenvalue weighted by Gasteiger charge is 2.29. The number of aryl methyl sites for hydroxylation is 1. The van der Waals surface area contributed by atoms with Gasteiger partial charge >= 0.3 is 0 Å². The normalized spacial score (nSPS) is 24.2. The molecule has 22 heavy (non-hydrogen) atoms. The molecule has 1 atom stereocenters. The van der Waals surface area contributed by atoms with E-state index in [9.17, 15) is 5.11 Å². The van der Waals surface area contributed by atoms with E-state index in [0.717, 1.165) is 31.8 Å². The van der Waals surface area contributed by atoms with Crippen LogP contribution >= 0.6 is 0 Å². The van der Waals surface area contributed by atoms with Gasteiger partial charge in [0.1, 0.15) is 0 Å². The molecule has 0 aliphatic heterocycles. The Balaban J connectivity index is 1.49. The minimum Gasteiger partial charge on any atom is -0.389 e. The molecule has 1 fully saturated rings. The summed E-state index contributed by atoms with van der Waals surface area (Å²) in [4.78, 5) is 2.37. The van der Waals surface area contributed by atoms with Crippen LogP contribution in [0.4, 0.5) is 0 Å². The Labute approximate surface area is 135 Å². The molecule has 2 aliphatic rings. The highest BCUT2D eigenvalue weighted by molar-refractivity contribution is 5.34. The molecule has 0 aromatic heterocycles. The molecule has 1 aromatic carbocycles. The lowest BCUT2D eigenvalue weighted by molar-refractivity contribution is -0.00371. The second-order valence-electron chi connectivity index (χ2n) is 7.60. The molecule has 122 valence electrons. The van der Waals surface area contributed by atoms with Gasteiger partial charge in [-0.05, 0) is 62.7 Å². The van der Waals surface area contributed by atoms with Gasteiger partial charge in [-0.15, -0.1) is 0 Å². The van der Waals surface area contributed by atoms with Gasteiger partial charge in [0.15, 0.2) is 0 Å². The van der Waals surface area contributed by atoms with E-state index in [0.29, 0.717) is 0 Å². The fourth-order valence-electron chi connectivity index (χ4n) is 4.45. The summed E-state index contributed by atoms with van der Waals surface area (Å²) in [6, 6.07) is 8.93. The summed E-state index contributed by atoms with van der Waals surface area (Å²) in [6.07, 6.45) is 10.7. The number of benzene rings is 1. The van der Waals surface area contributed by atoms with E-state index in [1.165, 1.54) is 44.9 Å². The van der Waals surface area contributed by atoms with Crippen molar-refractivity contribution in [2.75, 3.05) is 20.1 Å². The molecule has 0 saturated heterocycles. The van der Waals surface area contributed by atoms with Gasteiger partial charge in [-0.2, -0.15) is 0 Å². The summed E-state index contributed by atoms with van der Waals surface area (Å²) in [7, 11) is 2.18. The molecule has 2 aliphatic carbocycles. The number of aliphatic hydroxyl groups is 1. The first-order valence-electron chi connectivity index (χ1n) is 9.15. The first-order chi connectivity index (χ1) is 10.7. The second-order valence-corrected chi connectivity index (χ2v) is 7.60. The van der Waals surface area contributed by atoms with Crippen LogP contribution in [-0.2, 0) is 6.42 Å². The molecule has 3 rings (SSSR count). The molecule has 2 nitrogen and oxygen atoms in total. The lowest BCUT2D eigenvalue weighted by Crippen LogP contribution is -2.41. The third kappa shape index (κ3) is 3.91. The molecule has 0 radical (unpaired) electrons. The Morgan fingerprint density at radius 3 is 2.64 bits per heavy atom. The van der Waals surface area contributed by atoms with Gasteiger partial charge in [-0.3, -0.25) is 0 Å². The van der Waals surface area contributed by atoms with Gasteiger partial charge in [-0.25, -0.2) is 0 Å². The first kappa shape index (κ1) is 16.0. The lowest BCUT2D eigenvalue weighted by Gasteiger charge is -2.32. The predicted octanol–water partition coefficient (Wildman–Crippen LogP) is 4.12. The maximum atomic E-state index is 10.8. The highest BCUT2D eigenvalue weighted by atomic mass is 16.3. The molecule has 1 aromatic rings. The summed E-state index contributed by atoms with van der Waals surface area (Å²) >= 11 is 0. The molecule has 0 amide bonds. The minimum atomic E-state index is -0.432. The zero-order valence-corrected chi connectivity index (χ0v) is 14.1. The number of hydrogen-bond acceptors (Lipinski definition) is 2. The van der Waals surface area contributed by atoms with E-state index in [2.05, 4.69) is 36.2 Å². The van der Waals surface area contributed by atoms with Crippen molar-refractivity contribution in [2.24, 2.45) is 0 Å². The smallest absolute Gasteiger partial charge is 0.0774 e. The number of nitrogens with zero attached hydrogens (tertiary/aromatic N) is 1.